The number of nitrogens with zero attached hydrogens (tertiary/aromatic N) is 2. The molecule has 0 amide bonds. The summed E-state index contributed by atoms with van der Waals surface area (Å²) in [5.74, 6) is -1.48. The van der Waals surface area contributed by atoms with Crippen molar-refractivity contribution in [2.75, 3.05) is 62.4 Å². The van der Waals surface area contributed by atoms with E-state index in [4.69, 9.17) is 37.9 Å². The lowest BCUT2D eigenvalue weighted by Crippen LogP contribution is -2.36. The van der Waals surface area contributed by atoms with E-state index in [0.29, 0.717) is 61.8 Å². The molecule has 6 aromatic rings. The number of esters is 6. The van der Waals surface area contributed by atoms with E-state index in [9.17, 15) is 28.8 Å². The van der Waals surface area contributed by atoms with Crippen LogP contribution in [0.4, 0.5) is 11.4 Å². The first kappa shape index (κ1) is 58.6. The minimum atomic E-state index is -0.491. The largest absolute Gasteiger partial charge is 0.494 e. The van der Waals surface area contributed by atoms with E-state index in [-0.39, 0.29) is 90.6 Å². The molecule has 6 aromatic carbocycles. The van der Waals surface area contributed by atoms with Gasteiger partial charge in [0.05, 0.1) is 13.2 Å². The molecule has 0 aliphatic heterocycles. The van der Waals surface area contributed by atoms with Crippen molar-refractivity contribution in [2.24, 2.45) is 0 Å². The summed E-state index contributed by atoms with van der Waals surface area (Å²) in [6, 6.07) is 51.5. The Balaban J connectivity index is 0.795. The van der Waals surface area contributed by atoms with Crippen molar-refractivity contribution in [1.29, 1.82) is 0 Å². The molecule has 78 heavy (non-hydrogen) atoms. The molecule has 0 bridgehead atoms. The molecule has 0 aliphatic rings. The maximum absolute atomic E-state index is 12.9. The van der Waals surface area contributed by atoms with Gasteiger partial charge in [0.25, 0.3) is 0 Å². The van der Waals surface area contributed by atoms with Crippen LogP contribution in [0.5, 0.6) is 11.5 Å². The lowest BCUT2D eigenvalue weighted by atomic mass is 10.2. The lowest BCUT2D eigenvalue weighted by Gasteiger charge is -2.23. The highest BCUT2D eigenvalue weighted by molar-refractivity contribution is 5.82. The average molecular weight is 1070 g/mol. The molecular formula is C62H68N2O14. The average Bonchev–Trinajstić information content (AvgIpc) is 3.47. The first-order valence-corrected chi connectivity index (χ1v) is 26.2. The van der Waals surface area contributed by atoms with Crippen LogP contribution in [0.25, 0.3) is 0 Å². The number of ether oxygens (including phenoxy) is 8. The molecule has 0 saturated heterocycles. The lowest BCUT2D eigenvalue weighted by molar-refractivity contribution is -0.152. The van der Waals surface area contributed by atoms with Crippen molar-refractivity contribution >= 4 is 47.2 Å². The highest BCUT2D eigenvalue weighted by Gasteiger charge is 2.20. The number of rotatable bonds is 35. The zero-order chi connectivity index (χ0) is 54.8. The molecular weight excluding hydrogens is 997 g/mol. The summed E-state index contributed by atoms with van der Waals surface area (Å²) in [4.78, 5) is 79.3. The highest BCUT2D eigenvalue weighted by Crippen LogP contribution is 2.23. The van der Waals surface area contributed by atoms with Gasteiger partial charge in [0.2, 0.25) is 0 Å². The molecule has 0 unspecified atom stereocenters. The second-order valence-corrected chi connectivity index (χ2v) is 18.0. The smallest absolute Gasteiger partial charge is 0.325 e. The van der Waals surface area contributed by atoms with E-state index in [0.717, 1.165) is 35.1 Å². The molecule has 0 atom stereocenters. The summed E-state index contributed by atoms with van der Waals surface area (Å²) in [6.45, 7) is 0.592. The van der Waals surface area contributed by atoms with Gasteiger partial charge in [-0.1, -0.05) is 121 Å². The zero-order valence-electron chi connectivity index (χ0n) is 43.9. The first-order chi connectivity index (χ1) is 38.1. The quantitative estimate of drug-likeness (QED) is 0.0208. The van der Waals surface area contributed by atoms with Crippen LogP contribution in [0.2, 0.25) is 0 Å². The van der Waals surface area contributed by atoms with Crippen LogP contribution < -0.4 is 19.3 Å². The Labute approximate surface area is 456 Å². The summed E-state index contributed by atoms with van der Waals surface area (Å²) >= 11 is 0. The Bertz CT molecular complexity index is 2410. The molecule has 0 saturated carbocycles. The van der Waals surface area contributed by atoms with Gasteiger partial charge in [0.1, 0.15) is 77.3 Å². The summed E-state index contributed by atoms with van der Waals surface area (Å²) in [5.41, 5.74) is 4.64. The highest BCUT2D eigenvalue weighted by atomic mass is 16.6. The second-order valence-electron chi connectivity index (χ2n) is 18.0. The summed E-state index contributed by atoms with van der Waals surface area (Å²) in [7, 11) is 0. The number of benzene rings is 6. The summed E-state index contributed by atoms with van der Waals surface area (Å²) in [5, 5.41) is 0. The fourth-order valence-electron chi connectivity index (χ4n) is 7.67. The van der Waals surface area contributed by atoms with Gasteiger partial charge in [-0.3, -0.25) is 28.8 Å². The molecule has 0 aliphatic carbocycles. The zero-order valence-corrected chi connectivity index (χ0v) is 43.9. The van der Waals surface area contributed by atoms with Crippen molar-refractivity contribution in [3.8, 4) is 11.5 Å². The van der Waals surface area contributed by atoms with Gasteiger partial charge in [0.15, 0.2) is 0 Å². The Morgan fingerprint density at radius 3 is 0.846 bits per heavy atom. The SMILES string of the molecule is O=C(CCCCCOc1ccc(N(CC(=O)OCc2ccccc2)CC(=O)OCc2ccccc2)cc1)OCCOC(=O)CCCCCOc1ccc(N(CC(=O)OCc2ccccc2)CC(=O)OCc2ccccc2)cc1. The second kappa shape index (κ2) is 34.1. The van der Waals surface area contributed by atoms with E-state index in [1.54, 1.807) is 58.3 Å². The number of unbranched alkanes of at least 4 members (excludes halogenated alkanes) is 4. The van der Waals surface area contributed by atoms with Crippen molar-refractivity contribution < 1.29 is 66.7 Å². The first-order valence-electron chi connectivity index (χ1n) is 26.2. The van der Waals surface area contributed by atoms with Gasteiger partial charge in [-0.15, -0.1) is 0 Å². The number of anilines is 2. The van der Waals surface area contributed by atoms with Crippen LogP contribution in [-0.4, -0.2) is 88.4 Å². The van der Waals surface area contributed by atoms with Crippen molar-refractivity contribution in [3.05, 3.63) is 192 Å². The number of hydrogen-bond donors (Lipinski definition) is 0. The standard InChI is InChI=1S/C62H68N2O14/c65-57(27-15-5-17-37-71-55-33-29-53(30-34-55)63(41-59(67)75-45-49-19-7-1-8-20-49)42-60(68)76-46-50-21-9-2-10-22-50)73-39-40-74-58(66)28-16-6-18-38-72-56-35-31-54(32-36-56)64(43-61(69)77-47-51-23-11-3-12-24-51)44-62(70)78-48-52-25-13-4-14-26-52/h1-4,7-14,19-26,29-36H,5-6,15-18,27-28,37-48H2. The van der Waals surface area contributed by atoms with Crippen molar-refractivity contribution in [3.63, 3.8) is 0 Å². The van der Waals surface area contributed by atoms with Crippen LogP contribution in [0.3, 0.4) is 0 Å². The third-order valence-electron chi connectivity index (χ3n) is 11.9. The van der Waals surface area contributed by atoms with Crippen LogP contribution in [0.15, 0.2) is 170 Å². The van der Waals surface area contributed by atoms with Gasteiger partial charge >= 0.3 is 35.8 Å². The van der Waals surface area contributed by atoms with E-state index in [2.05, 4.69) is 0 Å². The third kappa shape index (κ3) is 23.5. The Morgan fingerprint density at radius 1 is 0.282 bits per heavy atom. The monoisotopic (exact) mass is 1060 g/mol. The minimum absolute atomic E-state index is 0.0219. The van der Waals surface area contributed by atoms with Crippen LogP contribution in [0, 0.1) is 0 Å². The number of carbonyl (C=O) groups is 6. The Morgan fingerprint density at radius 2 is 0.564 bits per heavy atom. The number of hydrogen-bond acceptors (Lipinski definition) is 16. The van der Waals surface area contributed by atoms with Gasteiger partial charge in [-0.25, -0.2) is 0 Å². The molecule has 0 radical (unpaired) electrons. The molecule has 0 N–H and O–H groups in total. The molecule has 0 heterocycles. The van der Waals surface area contributed by atoms with E-state index >= 15 is 0 Å². The Hall–Kier alpha value is -8.66. The molecule has 16 heteroatoms. The molecule has 410 valence electrons. The fraction of sp³-hybridized carbons (Fsp3) is 0.323. The van der Waals surface area contributed by atoms with Crippen LogP contribution >= 0.6 is 0 Å². The molecule has 6 rings (SSSR count). The van der Waals surface area contributed by atoms with Crippen molar-refractivity contribution in [1.82, 2.24) is 0 Å². The molecule has 0 spiro atoms. The fourth-order valence-corrected chi connectivity index (χ4v) is 7.67. The van der Waals surface area contributed by atoms with Gasteiger partial charge in [-0.05, 0) is 109 Å². The van der Waals surface area contributed by atoms with Gasteiger partial charge < -0.3 is 47.7 Å². The maximum Gasteiger partial charge on any atom is 0.325 e. The van der Waals surface area contributed by atoms with E-state index < -0.39 is 23.9 Å². The molecule has 0 fully saturated rings. The topological polar surface area (TPSA) is 183 Å². The normalized spacial score (nSPS) is 10.6. The maximum atomic E-state index is 12.9. The molecule has 16 nitrogen and oxygen atoms in total. The van der Waals surface area contributed by atoms with Crippen molar-refractivity contribution in [2.45, 2.75) is 77.8 Å². The van der Waals surface area contributed by atoms with Gasteiger partial charge in [0, 0.05) is 24.2 Å². The Kier molecular flexibility index (Phi) is 25.6. The predicted molar refractivity (Wildman–Crippen MR) is 292 cm³/mol. The van der Waals surface area contributed by atoms with Crippen LogP contribution in [-0.2, 0) is 83.6 Å². The third-order valence-corrected chi connectivity index (χ3v) is 11.9. The molecule has 0 aromatic heterocycles. The summed E-state index contributed by atoms with van der Waals surface area (Å²) < 4.78 is 44.3. The van der Waals surface area contributed by atoms with E-state index in [1.165, 1.54) is 0 Å². The summed E-state index contributed by atoms with van der Waals surface area (Å²) in [6.07, 6.45) is 4.52. The van der Waals surface area contributed by atoms with Crippen LogP contribution in [0.1, 0.15) is 73.6 Å². The van der Waals surface area contributed by atoms with Gasteiger partial charge in [-0.2, -0.15) is 0 Å². The number of carbonyl (C=O) groups excluding carboxylic acids is 6. The van der Waals surface area contributed by atoms with E-state index in [1.807, 2.05) is 121 Å². The minimum Gasteiger partial charge on any atom is -0.494 e. The predicted octanol–water partition coefficient (Wildman–Crippen LogP) is 9.94.